The summed E-state index contributed by atoms with van der Waals surface area (Å²) in [5, 5.41) is 8.23. The molecule has 0 bridgehead atoms. The van der Waals surface area contributed by atoms with Crippen LogP contribution in [0.1, 0.15) is 12.8 Å². The number of carbonyl (C=O) groups is 1. The Labute approximate surface area is 78.7 Å². The van der Waals surface area contributed by atoms with Crippen molar-refractivity contribution in [2.24, 2.45) is 0 Å². The van der Waals surface area contributed by atoms with Crippen molar-refractivity contribution >= 4 is 32.0 Å². The fourth-order valence-corrected chi connectivity index (χ4v) is 2.45. The predicted octanol–water partition coefficient (Wildman–Crippen LogP) is 0.503. The zero-order valence-corrected chi connectivity index (χ0v) is 8.51. The van der Waals surface area contributed by atoms with Crippen LogP contribution in [0.3, 0.4) is 0 Å². The molecular weight excluding hydrogens is 252 g/mol. The summed E-state index contributed by atoms with van der Waals surface area (Å²) >= 11 is 2.94. The van der Waals surface area contributed by atoms with E-state index in [4.69, 9.17) is 9.66 Å². The highest BCUT2D eigenvalue weighted by atomic mass is 79.9. The van der Waals surface area contributed by atoms with Crippen molar-refractivity contribution in [2.75, 3.05) is 5.75 Å². The first-order valence-corrected chi connectivity index (χ1v) is 5.65. The number of halogens is 1. The number of carboxylic acids is 1. The largest absolute Gasteiger partial charge is 0.481 e. The Bertz CT molecular complexity index is 247. The second-order valence-electron chi connectivity index (χ2n) is 2.28. The molecule has 0 aromatic heterocycles. The minimum Gasteiger partial charge on any atom is -0.481 e. The van der Waals surface area contributed by atoms with Gasteiger partial charge in [-0.15, -0.1) is 0 Å². The molecular formula is C5H9BrO5S. The van der Waals surface area contributed by atoms with E-state index in [1.165, 1.54) is 0 Å². The molecule has 2 N–H and O–H groups in total. The SMILES string of the molecule is O=C(O)CC[C@@H](Br)CS(=O)(=O)O. The van der Waals surface area contributed by atoms with Crippen molar-refractivity contribution in [3.63, 3.8) is 0 Å². The van der Waals surface area contributed by atoms with Gasteiger partial charge >= 0.3 is 5.97 Å². The molecule has 0 rings (SSSR count). The van der Waals surface area contributed by atoms with E-state index in [9.17, 15) is 13.2 Å². The average molecular weight is 261 g/mol. The number of hydrogen-bond acceptors (Lipinski definition) is 3. The van der Waals surface area contributed by atoms with Crippen molar-refractivity contribution in [1.29, 1.82) is 0 Å². The smallest absolute Gasteiger partial charge is 0.303 e. The van der Waals surface area contributed by atoms with Crippen molar-refractivity contribution in [3.05, 3.63) is 0 Å². The van der Waals surface area contributed by atoms with E-state index < -0.39 is 26.7 Å². The van der Waals surface area contributed by atoms with Crippen LogP contribution in [0, 0.1) is 0 Å². The molecule has 7 heteroatoms. The highest BCUT2D eigenvalue weighted by Crippen LogP contribution is 2.10. The van der Waals surface area contributed by atoms with Gasteiger partial charge in [-0.05, 0) is 6.42 Å². The van der Waals surface area contributed by atoms with E-state index in [0.717, 1.165) is 0 Å². The third-order valence-electron chi connectivity index (χ3n) is 1.06. The topological polar surface area (TPSA) is 91.7 Å². The van der Waals surface area contributed by atoms with E-state index in [-0.39, 0.29) is 12.8 Å². The molecule has 0 aliphatic carbocycles. The predicted molar refractivity (Wildman–Crippen MR) is 46.0 cm³/mol. The zero-order valence-electron chi connectivity index (χ0n) is 6.10. The number of rotatable bonds is 5. The molecule has 12 heavy (non-hydrogen) atoms. The van der Waals surface area contributed by atoms with Gasteiger partial charge in [0, 0.05) is 11.2 Å². The standard InChI is InChI=1S/C5H9BrO5S/c6-4(1-2-5(7)8)3-12(9,10)11/h4H,1-3H2,(H,7,8)(H,9,10,11)/t4-/m1/s1. The van der Waals surface area contributed by atoms with Gasteiger partial charge in [0.25, 0.3) is 10.1 Å². The highest BCUT2D eigenvalue weighted by molar-refractivity contribution is 9.09. The number of alkyl halides is 1. The fraction of sp³-hybridized carbons (Fsp3) is 0.800. The van der Waals surface area contributed by atoms with E-state index in [2.05, 4.69) is 15.9 Å². The Balaban J connectivity index is 3.75. The summed E-state index contributed by atoms with van der Waals surface area (Å²) in [6.07, 6.45) is 0.0561. The molecule has 0 unspecified atom stereocenters. The lowest BCUT2D eigenvalue weighted by molar-refractivity contribution is -0.137. The van der Waals surface area contributed by atoms with Crippen LogP contribution in [-0.2, 0) is 14.9 Å². The van der Waals surface area contributed by atoms with Crippen LogP contribution in [0.25, 0.3) is 0 Å². The molecule has 0 amide bonds. The fourth-order valence-electron chi connectivity index (χ4n) is 0.592. The molecule has 0 saturated carbocycles. The van der Waals surface area contributed by atoms with Crippen LogP contribution in [0.2, 0.25) is 0 Å². The van der Waals surface area contributed by atoms with Crippen molar-refractivity contribution in [1.82, 2.24) is 0 Å². The maximum absolute atomic E-state index is 10.3. The van der Waals surface area contributed by atoms with Crippen LogP contribution in [-0.4, -0.2) is 34.6 Å². The van der Waals surface area contributed by atoms with Gasteiger partial charge in [0.05, 0.1) is 5.75 Å². The van der Waals surface area contributed by atoms with Gasteiger partial charge in [-0.2, -0.15) is 8.42 Å². The summed E-state index contributed by atoms with van der Waals surface area (Å²) in [6, 6.07) is 0. The van der Waals surface area contributed by atoms with E-state index in [0.29, 0.717) is 0 Å². The third-order valence-corrected chi connectivity index (χ3v) is 3.10. The molecule has 5 nitrogen and oxygen atoms in total. The number of carboxylic acid groups (broad SMARTS) is 1. The number of hydrogen-bond donors (Lipinski definition) is 2. The number of aliphatic carboxylic acids is 1. The van der Waals surface area contributed by atoms with Gasteiger partial charge in [0.15, 0.2) is 0 Å². The summed E-state index contributed by atoms with van der Waals surface area (Å²) < 4.78 is 28.9. The first kappa shape index (κ1) is 11.9. The Morgan fingerprint density at radius 1 is 1.50 bits per heavy atom. The highest BCUT2D eigenvalue weighted by Gasteiger charge is 2.14. The van der Waals surface area contributed by atoms with Crippen molar-refractivity contribution < 1.29 is 22.9 Å². The quantitative estimate of drug-likeness (QED) is 0.555. The van der Waals surface area contributed by atoms with Gasteiger partial charge in [-0.3, -0.25) is 9.35 Å². The van der Waals surface area contributed by atoms with Crippen LogP contribution >= 0.6 is 15.9 Å². The molecule has 0 radical (unpaired) electrons. The Hall–Kier alpha value is -0.140. The van der Waals surface area contributed by atoms with Crippen molar-refractivity contribution in [2.45, 2.75) is 17.7 Å². The third kappa shape index (κ3) is 7.96. The summed E-state index contributed by atoms with van der Waals surface area (Å²) in [5.74, 6) is -1.45. The van der Waals surface area contributed by atoms with Crippen LogP contribution in [0.4, 0.5) is 0 Å². The normalized spacial score (nSPS) is 14.2. The minimum atomic E-state index is -4.01. The Morgan fingerprint density at radius 2 is 2.00 bits per heavy atom. The Morgan fingerprint density at radius 3 is 2.33 bits per heavy atom. The molecule has 72 valence electrons. The lowest BCUT2D eigenvalue weighted by atomic mass is 10.2. The maximum atomic E-state index is 10.3. The van der Waals surface area contributed by atoms with Crippen molar-refractivity contribution in [3.8, 4) is 0 Å². The van der Waals surface area contributed by atoms with Crippen LogP contribution in [0.15, 0.2) is 0 Å². The molecule has 0 fully saturated rings. The lowest BCUT2D eigenvalue weighted by Gasteiger charge is -2.04. The van der Waals surface area contributed by atoms with Gasteiger partial charge in [-0.25, -0.2) is 0 Å². The van der Waals surface area contributed by atoms with E-state index in [1.54, 1.807) is 0 Å². The second kappa shape index (κ2) is 4.78. The molecule has 0 aliphatic rings. The first-order chi connectivity index (χ1) is 5.31. The summed E-state index contributed by atoms with van der Waals surface area (Å²) in [5.41, 5.74) is 0. The van der Waals surface area contributed by atoms with E-state index >= 15 is 0 Å². The average Bonchev–Trinajstić information content (AvgIpc) is 1.79. The molecule has 0 aliphatic heterocycles. The first-order valence-electron chi connectivity index (χ1n) is 3.12. The molecule has 0 aromatic rings. The summed E-state index contributed by atoms with van der Waals surface area (Å²) in [4.78, 5) is 9.53. The van der Waals surface area contributed by atoms with Gasteiger partial charge in [-0.1, -0.05) is 15.9 Å². The zero-order chi connectivity index (χ0) is 9.78. The summed E-state index contributed by atoms with van der Waals surface area (Å²) in [7, 11) is -4.01. The summed E-state index contributed by atoms with van der Waals surface area (Å²) in [6.45, 7) is 0. The molecule has 0 aromatic carbocycles. The van der Waals surface area contributed by atoms with Gasteiger partial charge < -0.3 is 5.11 Å². The van der Waals surface area contributed by atoms with Gasteiger partial charge in [0.2, 0.25) is 0 Å². The lowest BCUT2D eigenvalue weighted by Crippen LogP contribution is -2.15. The van der Waals surface area contributed by atoms with Crippen LogP contribution < -0.4 is 0 Å². The monoisotopic (exact) mass is 260 g/mol. The van der Waals surface area contributed by atoms with Gasteiger partial charge in [0.1, 0.15) is 0 Å². The molecule has 0 spiro atoms. The minimum absolute atomic E-state index is 0.120. The maximum Gasteiger partial charge on any atom is 0.303 e. The molecule has 0 heterocycles. The van der Waals surface area contributed by atoms with Crippen LogP contribution in [0.5, 0.6) is 0 Å². The molecule has 0 saturated heterocycles. The molecule has 1 atom stereocenters. The second-order valence-corrected chi connectivity index (χ2v) is 5.07. The Kier molecular flexibility index (Phi) is 4.73. The van der Waals surface area contributed by atoms with E-state index in [1.807, 2.05) is 0 Å².